The van der Waals surface area contributed by atoms with Crippen LogP contribution in [0.1, 0.15) is 23.2 Å². The van der Waals surface area contributed by atoms with Crippen LogP contribution in [0, 0.1) is 5.82 Å². The molecule has 178 valence electrons. The average molecular weight is 467 g/mol. The summed E-state index contributed by atoms with van der Waals surface area (Å²) in [4.78, 5) is 45.7. The third-order valence-corrected chi connectivity index (χ3v) is 6.66. The molecule has 0 saturated carbocycles. The standard InChI is InChI=1S/C25H27FN4O4/c26-19-4-6-20(7-5-19)27-11-13-28(14-12-27)23(31)16-30-21-15-18(25(33)29-9-1-2-10-29)3-8-22(21)34-17-24(30)32/h3-8,15H,1-2,9-14,16-17H2. The number of benzene rings is 2. The SMILES string of the molecule is O=C(CN1C(=O)COc2ccc(C(=O)N3CCCC3)cc21)N1CCN(c2ccc(F)cc2)CC1. The van der Waals surface area contributed by atoms with E-state index in [9.17, 15) is 18.8 Å². The van der Waals surface area contributed by atoms with Gasteiger partial charge in [0.2, 0.25) is 5.91 Å². The second-order valence-corrected chi connectivity index (χ2v) is 8.79. The van der Waals surface area contributed by atoms with Gasteiger partial charge in [-0.15, -0.1) is 0 Å². The molecule has 0 atom stereocenters. The molecule has 2 fully saturated rings. The summed E-state index contributed by atoms with van der Waals surface area (Å²) < 4.78 is 18.7. The Balaban J connectivity index is 1.26. The summed E-state index contributed by atoms with van der Waals surface area (Å²) in [5, 5.41) is 0. The van der Waals surface area contributed by atoms with Crippen molar-refractivity contribution in [2.24, 2.45) is 0 Å². The normalized spacial score (nSPS) is 18.1. The number of amides is 3. The quantitative estimate of drug-likeness (QED) is 0.691. The maximum Gasteiger partial charge on any atom is 0.265 e. The number of fused-ring (bicyclic) bond motifs is 1. The van der Waals surface area contributed by atoms with Crippen LogP contribution in [0.25, 0.3) is 0 Å². The van der Waals surface area contributed by atoms with Crippen molar-refractivity contribution >= 4 is 29.1 Å². The van der Waals surface area contributed by atoms with E-state index in [1.54, 1.807) is 35.2 Å². The lowest BCUT2D eigenvalue weighted by Crippen LogP contribution is -2.53. The highest BCUT2D eigenvalue weighted by Gasteiger charge is 2.31. The first-order chi connectivity index (χ1) is 16.5. The summed E-state index contributed by atoms with van der Waals surface area (Å²) in [7, 11) is 0. The van der Waals surface area contributed by atoms with Gasteiger partial charge in [0.25, 0.3) is 11.8 Å². The second kappa shape index (κ2) is 9.32. The van der Waals surface area contributed by atoms with Gasteiger partial charge in [-0.1, -0.05) is 0 Å². The number of piperazine rings is 1. The van der Waals surface area contributed by atoms with Crippen molar-refractivity contribution < 1.29 is 23.5 Å². The highest BCUT2D eigenvalue weighted by Crippen LogP contribution is 2.33. The third-order valence-electron chi connectivity index (χ3n) is 6.66. The van der Waals surface area contributed by atoms with Crippen LogP contribution in [0.2, 0.25) is 0 Å². The molecule has 3 amide bonds. The topological polar surface area (TPSA) is 73.4 Å². The zero-order chi connectivity index (χ0) is 23.7. The molecule has 2 saturated heterocycles. The Bertz CT molecular complexity index is 1090. The molecule has 2 aromatic carbocycles. The highest BCUT2D eigenvalue weighted by molar-refractivity contribution is 6.04. The number of carbonyl (C=O) groups excluding carboxylic acids is 3. The van der Waals surface area contributed by atoms with E-state index in [0.29, 0.717) is 43.2 Å². The Morgan fingerprint density at radius 3 is 2.29 bits per heavy atom. The fourth-order valence-corrected chi connectivity index (χ4v) is 4.71. The molecular formula is C25H27FN4O4. The maximum absolute atomic E-state index is 13.2. The Kier molecular flexibility index (Phi) is 6.08. The molecule has 0 unspecified atom stereocenters. The number of nitrogens with zero attached hydrogens (tertiary/aromatic N) is 4. The minimum atomic E-state index is -0.309. The van der Waals surface area contributed by atoms with Crippen LogP contribution in [0.4, 0.5) is 15.8 Å². The van der Waals surface area contributed by atoms with Crippen molar-refractivity contribution in [3.8, 4) is 5.75 Å². The van der Waals surface area contributed by atoms with Crippen LogP contribution in [0.3, 0.4) is 0 Å². The molecule has 0 bridgehead atoms. The number of carbonyl (C=O) groups is 3. The van der Waals surface area contributed by atoms with Gasteiger partial charge in [-0.2, -0.15) is 0 Å². The van der Waals surface area contributed by atoms with E-state index >= 15 is 0 Å². The van der Waals surface area contributed by atoms with Crippen molar-refractivity contribution in [1.29, 1.82) is 0 Å². The molecule has 5 rings (SSSR count). The van der Waals surface area contributed by atoms with Crippen LogP contribution < -0.4 is 14.5 Å². The second-order valence-electron chi connectivity index (χ2n) is 8.79. The Hall–Kier alpha value is -3.62. The zero-order valence-corrected chi connectivity index (χ0v) is 18.9. The van der Waals surface area contributed by atoms with Crippen molar-refractivity contribution in [3.63, 3.8) is 0 Å². The molecule has 34 heavy (non-hydrogen) atoms. The molecule has 9 heteroatoms. The Morgan fingerprint density at radius 2 is 1.59 bits per heavy atom. The lowest BCUT2D eigenvalue weighted by Gasteiger charge is -2.37. The number of anilines is 2. The monoisotopic (exact) mass is 466 g/mol. The summed E-state index contributed by atoms with van der Waals surface area (Å²) in [5.74, 6) is -0.320. The number of hydrogen-bond donors (Lipinski definition) is 0. The predicted octanol–water partition coefficient (Wildman–Crippen LogP) is 2.14. The van der Waals surface area contributed by atoms with E-state index < -0.39 is 0 Å². The first-order valence-electron chi connectivity index (χ1n) is 11.6. The number of rotatable bonds is 4. The van der Waals surface area contributed by atoms with E-state index in [0.717, 1.165) is 31.6 Å². The van der Waals surface area contributed by atoms with Gasteiger partial charge in [0.1, 0.15) is 18.1 Å². The molecule has 3 aliphatic heterocycles. The van der Waals surface area contributed by atoms with Gasteiger partial charge in [-0.25, -0.2) is 4.39 Å². The molecule has 0 radical (unpaired) electrons. The predicted molar refractivity (Wildman–Crippen MR) is 125 cm³/mol. The minimum absolute atomic E-state index is 0.0680. The van der Waals surface area contributed by atoms with Gasteiger partial charge in [-0.3, -0.25) is 19.3 Å². The zero-order valence-electron chi connectivity index (χ0n) is 18.9. The number of hydrogen-bond acceptors (Lipinski definition) is 5. The van der Waals surface area contributed by atoms with Gasteiger partial charge in [0, 0.05) is 50.5 Å². The summed E-state index contributed by atoms with van der Waals surface area (Å²) >= 11 is 0. The molecule has 2 aromatic rings. The third kappa shape index (κ3) is 4.42. The van der Waals surface area contributed by atoms with Crippen molar-refractivity contribution in [2.45, 2.75) is 12.8 Å². The van der Waals surface area contributed by atoms with Crippen LogP contribution in [-0.2, 0) is 9.59 Å². The summed E-state index contributed by atoms with van der Waals surface area (Å²) in [6.07, 6.45) is 1.99. The number of ether oxygens (including phenoxy) is 1. The smallest absolute Gasteiger partial charge is 0.265 e. The molecule has 8 nitrogen and oxygen atoms in total. The van der Waals surface area contributed by atoms with Crippen LogP contribution in [-0.4, -0.2) is 79.9 Å². The van der Waals surface area contributed by atoms with Crippen LogP contribution in [0.5, 0.6) is 5.75 Å². The summed E-state index contributed by atoms with van der Waals surface area (Å²) in [6, 6.07) is 11.4. The van der Waals surface area contributed by atoms with Crippen molar-refractivity contribution in [1.82, 2.24) is 9.80 Å². The first kappa shape index (κ1) is 22.2. The fourth-order valence-electron chi connectivity index (χ4n) is 4.71. The Labute approximate surface area is 197 Å². The summed E-state index contributed by atoms with van der Waals surface area (Å²) in [5.41, 5.74) is 1.87. The molecule has 3 heterocycles. The summed E-state index contributed by atoms with van der Waals surface area (Å²) in [6.45, 7) is 3.49. The molecular weight excluding hydrogens is 439 g/mol. The van der Waals surface area contributed by atoms with Gasteiger partial charge < -0.3 is 19.4 Å². The van der Waals surface area contributed by atoms with E-state index in [1.807, 2.05) is 4.90 Å². The van der Waals surface area contributed by atoms with Gasteiger partial charge in [-0.05, 0) is 55.3 Å². The van der Waals surface area contributed by atoms with Crippen LogP contribution in [0.15, 0.2) is 42.5 Å². The van der Waals surface area contributed by atoms with Crippen molar-refractivity contribution in [3.05, 3.63) is 53.8 Å². The number of halogens is 1. The molecule has 0 aliphatic carbocycles. The van der Waals surface area contributed by atoms with Gasteiger partial charge in [0.05, 0.1) is 5.69 Å². The molecule has 0 N–H and O–H groups in total. The Morgan fingerprint density at radius 1 is 0.882 bits per heavy atom. The molecule has 0 aromatic heterocycles. The number of likely N-dealkylation sites (tertiary alicyclic amines) is 1. The van der Waals surface area contributed by atoms with Crippen molar-refractivity contribution in [2.75, 3.05) is 62.2 Å². The molecule has 0 spiro atoms. The largest absolute Gasteiger partial charge is 0.482 e. The molecule has 3 aliphatic rings. The van der Waals surface area contributed by atoms with Crippen LogP contribution >= 0.6 is 0 Å². The fraction of sp³-hybridized carbons (Fsp3) is 0.400. The van der Waals surface area contributed by atoms with E-state index in [4.69, 9.17) is 4.74 Å². The van der Waals surface area contributed by atoms with E-state index in [2.05, 4.69) is 4.90 Å². The first-order valence-corrected chi connectivity index (χ1v) is 11.6. The van der Waals surface area contributed by atoms with Gasteiger partial charge in [0.15, 0.2) is 6.61 Å². The maximum atomic E-state index is 13.2. The highest BCUT2D eigenvalue weighted by atomic mass is 19.1. The minimum Gasteiger partial charge on any atom is -0.482 e. The lowest BCUT2D eigenvalue weighted by molar-refractivity contribution is -0.132. The van der Waals surface area contributed by atoms with E-state index in [1.165, 1.54) is 17.0 Å². The van der Waals surface area contributed by atoms with E-state index in [-0.39, 0.29) is 36.7 Å². The lowest BCUT2D eigenvalue weighted by atomic mass is 10.1. The average Bonchev–Trinajstić information content (AvgIpc) is 3.41. The van der Waals surface area contributed by atoms with Gasteiger partial charge >= 0.3 is 0 Å².